The fraction of sp³-hybridized carbons (Fsp3) is 0.304. The number of anilines is 1. The van der Waals surface area contributed by atoms with E-state index >= 15 is 0 Å². The Kier molecular flexibility index (Phi) is 8.07. The van der Waals surface area contributed by atoms with E-state index in [1.54, 1.807) is 43.5 Å². The average Bonchev–Trinajstić information content (AvgIpc) is 2.81. The van der Waals surface area contributed by atoms with Crippen molar-refractivity contribution in [3.05, 3.63) is 54.1 Å². The summed E-state index contributed by atoms with van der Waals surface area (Å²) in [6.07, 6.45) is 0. The van der Waals surface area contributed by atoms with E-state index in [2.05, 4.69) is 10.3 Å². The molecule has 11 nitrogen and oxygen atoms in total. The molecule has 12 heteroatoms. The van der Waals surface area contributed by atoms with Crippen LogP contribution in [0.2, 0.25) is 0 Å². The Balaban J connectivity index is 1.87. The number of sulfonamides is 1. The highest BCUT2D eigenvalue weighted by molar-refractivity contribution is 7.95. The first kappa shape index (κ1) is 25.7. The first-order valence-electron chi connectivity index (χ1n) is 10.7. The van der Waals surface area contributed by atoms with Crippen LogP contribution in [0.25, 0.3) is 0 Å². The number of carbonyl (C=O) groups is 3. The largest absolute Gasteiger partial charge is 0.497 e. The predicted octanol–water partition coefficient (Wildman–Crippen LogP) is 1.63. The van der Waals surface area contributed by atoms with Crippen molar-refractivity contribution in [3.63, 3.8) is 0 Å². The molecule has 1 unspecified atom stereocenters. The molecule has 2 aromatic carbocycles. The van der Waals surface area contributed by atoms with Crippen LogP contribution in [-0.2, 0) is 26.2 Å². The lowest BCUT2D eigenvalue weighted by Crippen LogP contribution is -2.55. The third kappa shape index (κ3) is 6.15. The van der Waals surface area contributed by atoms with Crippen LogP contribution in [0.15, 0.2) is 53.5 Å². The predicted molar refractivity (Wildman–Crippen MR) is 129 cm³/mol. The molecule has 0 spiro atoms. The number of imide groups is 1. The van der Waals surface area contributed by atoms with Gasteiger partial charge in [0.15, 0.2) is 5.25 Å². The van der Waals surface area contributed by atoms with E-state index < -0.39 is 39.7 Å². The summed E-state index contributed by atoms with van der Waals surface area (Å²) in [7, 11) is -2.95. The molecule has 4 amide bonds. The van der Waals surface area contributed by atoms with Gasteiger partial charge in [-0.2, -0.15) is 0 Å². The van der Waals surface area contributed by atoms with Crippen molar-refractivity contribution in [1.82, 2.24) is 10.6 Å². The number of hydrogen-bond acceptors (Lipinski definition) is 7. The molecular formula is C23H26N4O7S. The standard InChI is InChI=1S/C23H26N4O7S/c1-4-34-19-11-7-17(8-12-19)27(35(31,32)21-15(2)25-23(30)26-22(21)29)14-20(28)24-13-16-5-9-18(33-3)10-6-16/h5-12,21H,4,13-14H2,1-3H3,(H,24,28)(H,26,29,30). The van der Waals surface area contributed by atoms with Crippen molar-refractivity contribution < 1.29 is 32.3 Å². The van der Waals surface area contributed by atoms with Crippen molar-refractivity contribution >= 4 is 39.3 Å². The van der Waals surface area contributed by atoms with Crippen LogP contribution in [0.5, 0.6) is 11.5 Å². The zero-order valence-corrected chi connectivity index (χ0v) is 20.3. The van der Waals surface area contributed by atoms with Crippen molar-refractivity contribution in [2.45, 2.75) is 25.6 Å². The number of ether oxygens (including phenoxy) is 2. The van der Waals surface area contributed by atoms with Crippen molar-refractivity contribution in [2.24, 2.45) is 4.99 Å². The highest BCUT2D eigenvalue weighted by atomic mass is 32.2. The molecule has 0 aromatic heterocycles. The van der Waals surface area contributed by atoms with Crippen molar-refractivity contribution in [1.29, 1.82) is 0 Å². The number of urea groups is 1. The minimum absolute atomic E-state index is 0.144. The molecular weight excluding hydrogens is 476 g/mol. The second-order valence-electron chi connectivity index (χ2n) is 7.53. The monoisotopic (exact) mass is 502 g/mol. The number of methoxy groups -OCH3 is 1. The maximum Gasteiger partial charge on any atom is 0.347 e. The van der Waals surface area contributed by atoms with Crippen molar-refractivity contribution in [3.8, 4) is 11.5 Å². The number of amides is 4. The zero-order valence-electron chi connectivity index (χ0n) is 19.5. The lowest BCUT2D eigenvalue weighted by Gasteiger charge is -2.29. The molecule has 0 fully saturated rings. The van der Waals surface area contributed by atoms with E-state index in [1.165, 1.54) is 19.1 Å². The Labute approximate surface area is 203 Å². The van der Waals surface area contributed by atoms with Gasteiger partial charge in [0.05, 0.1) is 25.1 Å². The molecule has 2 aromatic rings. The lowest BCUT2D eigenvalue weighted by molar-refractivity contribution is -0.120. The molecule has 0 aliphatic carbocycles. The average molecular weight is 503 g/mol. The maximum absolute atomic E-state index is 13.6. The molecule has 0 bridgehead atoms. The van der Waals surface area contributed by atoms with Crippen LogP contribution in [0.1, 0.15) is 19.4 Å². The summed E-state index contributed by atoms with van der Waals surface area (Å²) < 4.78 is 38.4. The molecule has 186 valence electrons. The van der Waals surface area contributed by atoms with E-state index in [9.17, 15) is 22.8 Å². The Morgan fingerprint density at radius 2 is 1.71 bits per heavy atom. The molecule has 2 N–H and O–H groups in total. The SMILES string of the molecule is CCOc1ccc(N(CC(=O)NCc2ccc(OC)cc2)S(=O)(=O)C2C(=O)NC(=O)N=C2C)cc1. The second-order valence-corrected chi connectivity index (χ2v) is 9.47. The summed E-state index contributed by atoms with van der Waals surface area (Å²) in [5, 5.41) is 2.82. The molecule has 0 radical (unpaired) electrons. The summed E-state index contributed by atoms with van der Waals surface area (Å²) in [4.78, 5) is 40.3. The van der Waals surface area contributed by atoms with Crippen LogP contribution >= 0.6 is 0 Å². The highest BCUT2D eigenvalue weighted by Gasteiger charge is 2.43. The van der Waals surface area contributed by atoms with Gasteiger partial charge in [0, 0.05) is 6.54 Å². The third-order valence-electron chi connectivity index (χ3n) is 5.10. The zero-order chi connectivity index (χ0) is 25.6. The van der Waals surface area contributed by atoms with E-state index in [1.807, 2.05) is 12.2 Å². The van der Waals surface area contributed by atoms with Gasteiger partial charge in [-0.25, -0.2) is 18.2 Å². The smallest absolute Gasteiger partial charge is 0.347 e. The van der Waals surface area contributed by atoms with Gasteiger partial charge in [0.25, 0.3) is 15.9 Å². The summed E-state index contributed by atoms with van der Waals surface area (Å²) in [5.74, 6) is -0.456. The third-order valence-corrected chi connectivity index (χ3v) is 7.21. The number of benzene rings is 2. The number of hydrogen-bond donors (Lipinski definition) is 2. The van der Waals surface area contributed by atoms with Gasteiger partial charge < -0.3 is 14.8 Å². The first-order chi connectivity index (χ1) is 16.6. The Hall–Kier alpha value is -3.93. The first-order valence-corrected chi connectivity index (χ1v) is 12.2. The summed E-state index contributed by atoms with van der Waals surface area (Å²) >= 11 is 0. The van der Waals surface area contributed by atoms with Gasteiger partial charge in [-0.15, -0.1) is 0 Å². The highest BCUT2D eigenvalue weighted by Crippen LogP contribution is 2.25. The van der Waals surface area contributed by atoms with E-state index in [0.29, 0.717) is 18.1 Å². The second kappa shape index (κ2) is 11.0. The van der Waals surface area contributed by atoms with Gasteiger partial charge in [0.2, 0.25) is 5.91 Å². The minimum atomic E-state index is -4.49. The van der Waals surface area contributed by atoms with Crippen LogP contribution in [0.4, 0.5) is 10.5 Å². The van der Waals surface area contributed by atoms with Gasteiger partial charge in [0.1, 0.15) is 18.0 Å². The molecule has 1 aliphatic heterocycles. The molecule has 35 heavy (non-hydrogen) atoms. The number of rotatable bonds is 10. The van der Waals surface area contributed by atoms with E-state index in [4.69, 9.17) is 9.47 Å². The molecule has 0 saturated carbocycles. The van der Waals surface area contributed by atoms with Crippen molar-refractivity contribution in [2.75, 3.05) is 24.6 Å². The van der Waals surface area contributed by atoms with Gasteiger partial charge in [-0.3, -0.25) is 19.2 Å². The van der Waals surface area contributed by atoms with Crippen LogP contribution in [-0.4, -0.2) is 57.5 Å². The van der Waals surface area contributed by atoms with E-state index in [-0.39, 0.29) is 17.9 Å². The number of nitrogens with one attached hydrogen (secondary N) is 2. The Morgan fingerprint density at radius 3 is 2.29 bits per heavy atom. The molecule has 1 aliphatic rings. The minimum Gasteiger partial charge on any atom is -0.497 e. The van der Waals surface area contributed by atoms with Gasteiger partial charge >= 0.3 is 6.03 Å². The Bertz CT molecular complexity index is 1230. The summed E-state index contributed by atoms with van der Waals surface area (Å²) in [5.41, 5.74) is 0.738. The lowest BCUT2D eigenvalue weighted by atomic mass is 10.2. The van der Waals surface area contributed by atoms with Crippen LogP contribution in [0.3, 0.4) is 0 Å². The quantitative estimate of drug-likeness (QED) is 0.502. The topological polar surface area (TPSA) is 143 Å². The normalized spacial score (nSPS) is 15.6. The Morgan fingerprint density at radius 1 is 1.09 bits per heavy atom. The molecule has 1 heterocycles. The van der Waals surface area contributed by atoms with Gasteiger partial charge in [-0.05, 0) is 55.8 Å². The summed E-state index contributed by atoms with van der Waals surface area (Å²) in [6.45, 7) is 3.05. The number of aliphatic imine (C=N–C) groups is 1. The molecule has 3 rings (SSSR count). The van der Waals surface area contributed by atoms with Crippen LogP contribution in [0, 0.1) is 0 Å². The maximum atomic E-state index is 13.6. The fourth-order valence-corrected chi connectivity index (χ4v) is 5.20. The molecule has 1 atom stereocenters. The summed E-state index contributed by atoms with van der Waals surface area (Å²) in [6, 6.07) is 12.1. The fourth-order valence-electron chi connectivity index (χ4n) is 3.42. The van der Waals surface area contributed by atoms with E-state index in [0.717, 1.165) is 9.87 Å². The van der Waals surface area contributed by atoms with Gasteiger partial charge in [-0.1, -0.05) is 12.1 Å². The number of carbonyl (C=O) groups excluding carboxylic acids is 3. The molecule has 0 saturated heterocycles. The number of nitrogens with zero attached hydrogens (tertiary/aromatic N) is 2. The van der Waals surface area contributed by atoms with Crippen LogP contribution < -0.4 is 24.4 Å².